The number of benzene rings is 1. The third kappa shape index (κ3) is 2.88. The third-order valence-corrected chi connectivity index (χ3v) is 3.50. The van der Waals surface area contributed by atoms with Crippen LogP contribution >= 0.6 is 0 Å². The number of nitrogens with one attached hydrogen (secondary N) is 1. The van der Waals surface area contributed by atoms with Crippen molar-refractivity contribution >= 4 is 11.6 Å². The number of hydrogen-bond donors (Lipinski definition) is 2. The van der Waals surface area contributed by atoms with Crippen molar-refractivity contribution in [3.63, 3.8) is 0 Å². The van der Waals surface area contributed by atoms with Gasteiger partial charge in [0.25, 0.3) is 0 Å². The van der Waals surface area contributed by atoms with Gasteiger partial charge >= 0.3 is 0 Å². The second-order valence-corrected chi connectivity index (χ2v) is 5.19. The highest BCUT2D eigenvalue weighted by atomic mass is 19.1. The zero-order chi connectivity index (χ0) is 13.2. The maximum absolute atomic E-state index is 13.2. The monoisotopic (exact) mass is 250 g/mol. The van der Waals surface area contributed by atoms with Crippen molar-refractivity contribution in [2.24, 2.45) is 5.73 Å². The molecule has 0 spiro atoms. The molecule has 0 aromatic heterocycles. The van der Waals surface area contributed by atoms with Gasteiger partial charge in [-0.05, 0) is 43.5 Å². The summed E-state index contributed by atoms with van der Waals surface area (Å²) in [5, 5.41) is 2.73. The Morgan fingerprint density at radius 2 is 1.94 bits per heavy atom. The lowest BCUT2D eigenvalue weighted by Crippen LogP contribution is -2.52. The van der Waals surface area contributed by atoms with E-state index in [2.05, 4.69) is 5.32 Å². The summed E-state index contributed by atoms with van der Waals surface area (Å²) < 4.78 is 13.2. The maximum atomic E-state index is 13.2. The number of anilines is 1. The Morgan fingerprint density at radius 1 is 1.28 bits per heavy atom. The first-order valence-electron chi connectivity index (χ1n) is 6.37. The quantitative estimate of drug-likeness (QED) is 0.848. The number of rotatable bonds is 2. The van der Waals surface area contributed by atoms with Gasteiger partial charge in [0.2, 0.25) is 5.91 Å². The molecule has 1 amide bonds. The molecule has 0 saturated heterocycles. The van der Waals surface area contributed by atoms with Gasteiger partial charge in [-0.3, -0.25) is 4.79 Å². The van der Waals surface area contributed by atoms with Crippen LogP contribution in [0.2, 0.25) is 0 Å². The molecular weight excluding hydrogens is 231 g/mol. The predicted octanol–water partition coefficient (Wildman–Crippen LogP) is 2.73. The van der Waals surface area contributed by atoms with Crippen molar-refractivity contribution in [1.29, 1.82) is 0 Å². The zero-order valence-corrected chi connectivity index (χ0v) is 10.6. The minimum Gasteiger partial charge on any atom is -0.324 e. The van der Waals surface area contributed by atoms with Gasteiger partial charge < -0.3 is 11.1 Å². The van der Waals surface area contributed by atoms with E-state index in [-0.39, 0.29) is 11.7 Å². The van der Waals surface area contributed by atoms with E-state index in [1.54, 1.807) is 13.0 Å². The van der Waals surface area contributed by atoms with Crippen LogP contribution in [0, 0.1) is 12.7 Å². The average Bonchev–Trinajstić information content (AvgIpc) is 2.28. The summed E-state index contributed by atoms with van der Waals surface area (Å²) in [4.78, 5) is 12.2. The molecule has 0 aliphatic heterocycles. The fourth-order valence-electron chi connectivity index (χ4n) is 2.47. The van der Waals surface area contributed by atoms with E-state index in [1.807, 2.05) is 0 Å². The molecule has 0 atom stereocenters. The van der Waals surface area contributed by atoms with Crippen LogP contribution in [0.3, 0.4) is 0 Å². The standard InChI is InChI=1S/C14H19FN2O/c1-10-7-11(15)9-12(8-10)17-13(18)14(16)5-3-2-4-6-14/h7-9H,2-6,16H2,1H3,(H,17,18). The predicted molar refractivity (Wildman–Crippen MR) is 69.8 cm³/mol. The summed E-state index contributed by atoms with van der Waals surface area (Å²) in [5.74, 6) is -0.549. The molecule has 3 N–H and O–H groups in total. The largest absolute Gasteiger partial charge is 0.324 e. The van der Waals surface area contributed by atoms with E-state index in [9.17, 15) is 9.18 Å². The smallest absolute Gasteiger partial charge is 0.244 e. The highest BCUT2D eigenvalue weighted by molar-refractivity contribution is 5.98. The van der Waals surface area contributed by atoms with Gasteiger partial charge in [-0.25, -0.2) is 4.39 Å². The zero-order valence-electron chi connectivity index (χ0n) is 10.6. The normalized spacial score (nSPS) is 18.4. The van der Waals surface area contributed by atoms with Crippen molar-refractivity contribution < 1.29 is 9.18 Å². The van der Waals surface area contributed by atoms with Gasteiger partial charge in [0.15, 0.2) is 0 Å². The van der Waals surface area contributed by atoms with Crippen molar-refractivity contribution in [1.82, 2.24) is 0 Å². The van der Waals surface area contributed by atoms with E-state index in [1.165, 1.54) is 12.1 Å². The molecule has 0 heterocycles. The van der Waals surface area contributed by atoms with Gasteiger partial charge in [-0.1, -0.05) is 19.3 Å². The number of carbonyl (C=O) groups is 1. The molecule has 18 heavy (non-hydrogen) atoms. The van der Waals surface area contributed by atoms with E-state index < -0.39 is 5.54 Å². The Hall–Kier alpha value is -1.42. The topological polar surface area (TPSA) is 55.1 Å². The molecule has 3 nitrogen and oxygen atoms in total. The lowest BCUT2D eigenvalue weighted by Gasteiger charge is -2.31. The minimum atomic E-state index is -0.793. The fraction of sp³-hybridized carbons (Fsp3) is 0.500. The Labute approximate surface area is 107 Å². The second kappa shape index (κ2) is 5.06. The third-order valence-electron chi connectivity index (χ3n) is 3.50. The van der Waals surface area contributed by atoms with Crippen molar-refractivity contribution in [2.75, 3.05) is 5.32 Å². The van der Waals surface area contributed by atoms with Crippen LogP contribution in [-0.4, -0.2) is 11.4 Å². The summed E-state index contributed by atoms with van der Waals surface area (Å²) in [6, 6.07) is 4.48. The summed E-state index contributed by atoms with van der Waals surface area (Å²) in [7, 11) is 0. The molecular formula is C14H19FN2O. The Balaban J connectivity index is 2.10. The highest BCUT2D eigenvalue weighted by Crippen LogP contribution is 2.27. The molecule has 1 aliphatic carbocycles. The average molecular weight is 250 g/mol. The Kier molecular flexibility index (Phi) is 3.66. The van der Waals surface area contributed by atoms with Gasteiger partial charge in [0, 0.05) is 5.69 Å². The van der Waals surface area contributed by atoms with Crippen molar-refractivity contribution in [2.45, 2.75) is 44.6 Å². The van der Waals surface area contributed by atoms with Crippen LogP contribution in [0.25, 0.3) is 0 Å². The molecule has 1 aromatic rings. The summed E-state index contributed by atoms with van der Waals surface area (Å²) in [5.41, 5.74) is 6.58. The minimum absolute atomic E-state index is 0.202. The molecule has 2 rings (SSSR count). The van der Waals surface area contributed by atoms with Gasteiger partial charge in [-0.15, -0.1) is 0 Å². The van der Waals surface area contributed by atoms with Crippen molar-refractivity contribution in [3.8, 4) is 0 Å². The molecule has 1 fully saturated rings. The maximum Gasteiger partial charge on any atom is 0.244 e. The van der Waals surface area contributed by atoms with Crippen LogP contribution in [0.5, 0.6) is 0 Å². The Morgan fingerprint density at radius 3 is 2.56 bits per heavy atom. The summed E-state index contributed by atoms with van der Waals surface area (Å²) in [6.07, 6.45) is 4.49. The summed E-state index contributed by atoms with van der Waals surface area (Å²) >= 11 is 0. The highest BCUT2D eigenvalue weighted by Gasteiger charge is 2.35. The van der Waals surface area contributed by atoms with Crippen LogP contribution in [0.4, 0.5) is 10.1 Å². The number of hydrogen-bond acceptors (Lipinski definition) is 2. The van der Waals surface area contributed by atoms with Gasteiger partial charge in [0.05, 0.1) is 5.54 Å². The SMILES string of the molecule is Cc1cc(F)cc(NC(=O)C2(N)CCCCC2)c1. The van der Waals surface area contributed by atoms with Crippen molar-refractivity contribution in [3.05, 3.63) is 29.6 Å². The molecule has 0 unspecified atom stereocenters. The molecule has 0 bridgehead atoms. The molecule has 1 aliphatic rings. The van der Waals surface area contributed by atoms with Crippen LogP contribution in [0.15, 0.2) is 18.2 Å². The molecule has 0 radical (unpaired) electrons. The first-order valence-corrected chi connectivity index (χ1v) is 6.37. The van der Waals surface area contributed by atoms with Crippen LogP contribution < -0.4 is 11.1 Å². The number of carbonyl (C=O) groups excluding carboxylic acids is 1. The number of nitrogens with two attached hydrogens (primary N) is 1. The van der Waals surface area contributed by atoms with Gasteiger partial charge in [-0.2, -0.15) is 0 Å². The lowest BCUT2D eigenvalue weighted by molar-refractivity contribution is -0.122. The molecule has 1 saturated carbocycles. The van der Waals surface area contributed by atoms with E-state index in [0.29, 0.717) is 18.5 Å². The van der Waals surface area contributed by atoms with E-state index in [4.69, 9.17) is 5.73 Å². The molecule has 4 heteroatoms. The fourth-order valence-corrected chi connectivity index (χ4v) is 2.47. The first-order chi connectivity index (χ1) is 8.49. The first kappa shape index (κ1) is 13.0. The van der Waals surface area contributed by atoms with Gasteiger partial charge in [0.1, 0.15) is 5.82 Å². The second-order valence-electron chi connectivity index (χ2n) is 5.19. The molecule has 1 aromatic carbocycles. The van der Waals surface area contributed by atoms with E-state index in [0.717, 1.165) is 24.8 Å². The van der Waals surface area contributed by atoms with E-state index >= 15 is 0 Å². The number of halogens is 1. The Bertz CT molecular complexity index is 433. The number of aryl methyl sites for hydroxylation is 1. The lowest BCUT2D eigenvalue weighted by atomic mass is 9.82. The summed E-state index contributed by atoms with van der Waals surface area (Å²) in [6.45, 7) is 1.79. The molecule has 98 valence electrons. The van der Waals surface area contributed by atoms with Crippen LogP contribution in [-0.2, 0) is 4.79 Å². The van der Waals surface area contributed by atoms with Crippen LogP contribution in [0.1, 0.15) is 37.7 Å². The number of amides is 1.